The minimum atomic E-state index is -1.16. The highest BCUT2D eigenvalue weighted by molar-refractivity contribution is 6.06. The van der Waals surface area contributed by atoms with Crippen molar-refractivity contribution in [2.75, 3.05) is 14.2 Å². The zero-order valence-corrected chi connectivity index (χ0v) is 9.94. The van der Waals surface area contributed by atoms with Crippen LogP contribution >= 0.6 is 0 Å². The van der Waals surface area contributed by atoms with Gasteiger partial charge in [-0.1, -0.05) is 0 Å². The van der Waals surface area contributed by atoms with E-state index in [9.17, 15) is 9.59 Å². The molecular weight excluding hydrogens is 224 g/mol. The maximum absolute atomic E-state index is 11.6. The number of hydrogen-bond acceptors (Lipinski definition) is 4. The summed E-state index contributed by atoms with van der Waals surface area (Å²) >= 11 is 0. The molecule has 0 saturated heterocycles. The standard InChI is InChI=1S/C12H14O5/c1-7-10(16-2)4-8(5-11(7)17-3)9(13)6-12(14)15/h4-5H,6H2,1-3H3,(H,14,15). The highest BCUT2D eigenvalue weighted by atomic mass is 16.5. The van der Waals surface area contributed by atoms with E-state index in [0.717, 1.165) is 5.56 Å². The van der Waals surface area contributed by atoms with Crippen LogP contribution in [0, 0.1) is 6.92 Å². The van der Waals surface area contributed by atoms with Crippen LogP contribution in [0.25, 0.3) is 0 Å². The summed E-state index contributed by atoms with van der Waals surface area (Å²) in [5.74, 6) is -0.640. The van der Waals surface area contributed by atoms with Crippen molar-refractivity contribution in [3.05, 3.63) is 23.3 Å². The number of rotatable bonds is 5. The van der Waals surface area contributed by atoms with Crippen molar-refractivity contribution in [3.8, 4) is 11.5 Å². The molecular formula is C12H14O5. The molecule has 0 saturated carbocycles. The topological polar surface area (TPSA) is 72.8 Å². The predicted octanol–water partition coefficient (Wildman–Crippen LogP) is 1.67. The molecule has 17 heavy (non-hydrogen) atoms. The first kappa shape index (κ1) is 13.0. The Kier molecular flexibility index (Phi) is 4.09. The number of carboxylic acid groups (broad SMARTS) is 1. The van der Waals surface area contributed by atoms with Crippen LogP contribution in [0.4, 0.5) is 0 Å². The third-order valence-electron chi connectivity index (χ3n) is 2.39. The second kappa shape index (κ2) is 5.34. The highest BCUT2D eigenvalue weighted by Crippen LogP contribution is 2.29. The summed E-state index contributed by atoms with van der Waals surface area (Å²) in [6.45, 7) is 1.79. The Hall–Kier alpha value is -2.04. The lowest BCUT2D eigenvalue weighted by Gasteiger charge is -2.11. The summed E-state index contributed by atoms with van der Waals surface area (Å²) in [5.41, 5.74) is 1.04. The number of ether oxygens (including phenoxy) is 2. The Bertz CT molecular complexity index is 425. The van der Waals surface area contributed by atoms with Gasteiger partial charge in [-0.25, -0.2) is 0 Å². The van der Waals surface area contributed by atoms with Crippen molar-refractivity contribution in [3.63, 3.8) is 0 Å². The molecule has 0 bridgehead atoms. The minimum absolute atomic E-state index is 0.270. The normalized spacial score (nSPS) is 9.82. The zero-order valence-electron chi connectivity index (χ0n) is 9.94. The third kappa shape index (κ3) is 2.96. The predicted molar refractivity (Wildman–Crippen MR) is 60.9 cm³/mol. The number of benzene rings is 1. The summed E-state index contributed by atoms with van der Waals surface area (Å²) in [6, 6.07) is 3.03. The molecule has 0 aliphatic carbocycles. The number of Topliss-reactive ketones (excluding diaryl/α,β-unsaturated/α-hetero) is 1. The summed E-state index contributed by atoms with van der Waals surface area (Å²) in [5, 5.41) is 8.57. The van der Waals surface area contributed by atoms with E-state index in [1.54, 1.807) is 6.92 Å². The molecule has 5 nitrogen and oxygen atoms in total. The van der Waals surface area contributed by atoms with Gasteiger partial charge in [-0.05, 0) is 19.1 Å². The number of methoxy groups -OCH3 is 2. The molecule has 1 aromatic rings. The monoisotopic (exact) mass is 238 g/mol. The zero-order chi connectivity index (χ0) is 13.0. The molecule has 0 atom stereocenters. The van der Waals surface area contributed by atoms with Crippen molar-refractivity contribution < 1.29 is 24.2 Å². The molecule has 0 heterocycles. The molecule has 0 unspecified atom stereocenters. The Morgan fingerprint density at radius 3 is 2.00 bits per heavy atom. The van der Waals surface area contributed by atoms with Crippen molar-refractivity contribution >= 4 is 11.8 Å². The molecule has 0 aliphatic heterocycles. The van der Waals surface area contributed by atoms with E-state index in [4.69, 9.17) is 14.6 Å². The lowest BCUT2D eigenvalue weighted by atomic mass is 10.0. The molecule has 0 radical (unpaired) electrons. The van der Waals surface area contributed by atoms with Gasteiger partial charge in [-0.2, -0.15) is 0 Å². The Balaban J connectivity index is 3.17. The number of carbonyl (C=O) groups excluding carboxylic acids is 1. The van der Waals surface area contributed by atoms with E-state index in [-0.39, 0.29) is 5.56 Å². The van der Waals surface area contributed by atoms with Gasteiger partial charge in [0.15, 0.2) is 5.78 Å². The molecule has 0 aromatic heterocycles. The maximum atomic E-state index is 11.6. The SMILES string of the molecule is COc1cc(C(=O)CC(=O)O)cc(OC)c1C. The average molecular weight is 238 g/mol. The second-order valence-electron chi connectivity index (χ2n) is 3.50. The Morgan fingerprint density at radius 1 is 1.18 bits per heavy atom. The van der Waals surface area contributed by atoms with Crippen molar-refractivity contribution in [1.82, 2.24) is 0 Å². The third-order valence-corrected chi connectivity index (χ3v) is 2.39. The Labute approximate surface area is 99.0 Å². The van der Waals surface area contributed by atoms with Crippen LogP contribution in [0.3, 0.4) is 0 Å². The fourth-order valence-corrected chi connectivity index (χ4v) is 1.49. The molecule has 1 N–H and O–H groups in total. The number of aliphatic carboxylic acids is 1. The van der Waals surface area contributed by atoms with Crippen LogP contribution < -0.4 is 9.47 Å². The van der Waals surface area contributed by atoms with E-state index in [1.807, 2.05) is 0 Å². The summed E-state index contributed by atoms with van der Waals surface area (Å²) in [6.07, 6.45) is -0.546. The van der Waals surface area contributed by atoms with Crippen LogP contribution in [-0.2, 0) is 4.79 Å². The fourth-order valence-electron chi connectivity index (χ4n) is 1.49. The largest absolute Gasteiger partial charge is 0.496 e. The molecule has 0 spiro atoms. The van der Waals surface area contributed by atoms with Gasteiger partial charge >= 0.3 is 5.97 Å². The first-order valence-electron chi connectivity index (χ1n) is 4.97. The number of carbonyl (C=O) groups is 2. The Morgan fingerprint density at radius 2 is 1.65 bits per heavy atom. The van der Waals surface area contributed by atoms with Crippen molar-refractivity contribution in [2.24, 2.45) is 0 Å². The molecule has 5 heteroatoms. The number of hydrogen-bond donors (Lipinski definition) is 1. The van der Waals surface area contributed by atoms with Gasteiger partial charge in [0.2, 0.25) is 0 Å². The van der Waals surface area contributed by atoms with Crippen LogP contribution in [0.15, 0.2) is 12.1 Å². The molecule has 0 amide bonds. The van der Waals surface area contributed by atoms with Gasteiger partial charge in [-0.15, -0.1) is 0 Å². The lowest BCUT2D eigenvalue weighted by Crippen LogP contribution is -2.08. The summed E-state index contributed by atoms with van der Waals surface area (Å²) in [7, 11) is 2.96. The first-order valence-corrected chi connectivity index (χ1v) is 4.97. The molecule has 92 valence electrons. The van der Waals surface area contributed by atoms with E-state index in [1.165, 1.54) is 26.4 Å². The maximum Gasteiger partial charge on any atom is 0.311 e. The lowest BCUT2D eigenvalue weighted by molar-refractivity contribution is -0.135. The minimum Gasteiger partial charge on any atom is -0.496 e. The molecule has 1 aromatic carbocycles. The van der Waals surface area contributed by atoms with E-state index in [0.29, 0.717) is 11.5 Å². The van der Waals surface area contributed by atoms with E-state index < -0.39 is 18.2 Å². The van der Waals surface area contributed by atoms with Crippen molar-refractivity contribution in [1.29, 1.82) is 0 Å². The highest BCUT2D eigenvalue weighted by Gasteiger charge is 2.15. The van der Waals surface area contributed by atoms with Gasteiger partial charge in [0.25, 0.3) is 0 Å². The summed E-state index contributed by atoms with van der Waals surface area (Å²) < 4.78 is 10.2. The quantitative estimate of drug-likeness (QED) is 0.624. The van der Waals surface area contributed by atoms with Crippen molar-refractivity contribution in [2.45, 2.75) is 13.3 Å². The molecule has 0 aliphatic rings. The number of carboxylic acids is 1. The second-order valence-corrected chi connectivity index (χ2v) is 3.50. The van der Waals surface area contributed by atoms with Crippen LogP contribution in [-0.4, -0.2) is 31.1 Å². The van der Waals surface area contributed by atoms with E-state index >= 15 is 0 Å². The van der Waals surface area contributed by atoms with Gasteiger partial charge in [-0.3, -0.25) is 9.59 Å². The number of ketones is 1. The summed E-state index contributed by atoms with van der Waals surface area (Å²) in [4.78, 5) is 22.1. The van der Waals surface area contributed by atoms with E-state index in [2.05, 4.69) is 0 Å². The smallest absolute Gasteiger partial charge is 0.311 e. The van der Waals surface area contributed by atoms with Gasteiger partial charge < -0.3 is 14.6 Å². The van der Waals surface area contributed by atoms with Crippen LogP contribution in [0.1, 0.15) is 22.3 Å². The fraction of sp³-hybridized carbons (Fsp3) is 0.333. The van der Waals surface area contributed by atoms with Crippen LogP contribution in [0.5, 0.6) is 11.5 Å². The van der Waals surface area contributed by atoms with Gasteiger partial charge in [0.05, 0.1) is 14.2 Å². The first-order chi connectivity index (χ1) is 7.99. The average Bonchev–Trinajstić information content (AvgIpc) is 2.28. The van der Waals surface area contributed by atoms with Gasteiger partial charge in [0, 0.05) is 11.1 Å². The van der Waals surface area contributed by atoms with Crippen LogP contribution in [0.2, 0.25) is 0 Å². The molecule has 1 rings (SSSR count). The molecule has 0 fully saturated rings. The van der Waals surface area contributed by atoms with Gasteiger partial charge in [0.1, 0.15) is 17.9 Å².